The second kappa shape index (κ2) is 8.08. The molecule has 3 atom stereocenters. The highest BCUT2D eigenvalue weighted by atomic mass is 32.2. The van der Waals surface area contributed by atoms with Crippen LogP contribution in [-0.4, -0.2) is 58.2 Å². The number of thioether (sulfide) groups is 1. The van der Waals surface area contributed by atoms with Crippen LogP contribution >= 0.6 is 23.1 Å². The number of thiazole rings is 1. The van der Waals surface area contributed by atoms with Crippen molar-refractivity contribution in [1.29, 1.82) is 0 Å². The van der Waals surface area contributed by atoms with Gasteiger partial charge in [-0.05, 0) is 33.8 Å². The van der Waals surface area contributed by atoms with Gasteiger partial charge in [0.1, 0.15) is 16.8 Å². The van der Waals surface area contributed by atoms with Crippen LogP contribution in [0.15, 0.2) is 11.6 Å². The Morgan fingerprint density at radius 2 is 2.14 bits per heavy atom. The molecule has 2 aliphatic rings. The smallest absolute Gasteiger partial charge is 0.321 e. The number of β-lactam (4-membered cyclic amide) rings is 1. The Kier molecular flexibility index (Phi) is 6.07. The second-order valence-corrected chi connectivity index (χ2v) is 10.2. The molecule has 29 heavy (non-hydrogen) atoms. The number of nitrogens with two attached hydrogens (primary N) is 1. The van der Waals surface area contributed by atoms with E-state index in [-0.39, 0.29) is 17.8 Å². The quantitative estimate of drug-likeness (QED) is 0.420. The third kappa shape index (κ3) is 4.34. The molecule has 8 nitrogen and oxygen atoms in total. The maximum Gasteiger partial charge on any atom is 0.321 e. The Morgan fingerprint density at radius 1 is 1.41 bits per heavy atom. The van der Waals surface area contributed by atoms with Gasteiger partial charge in [-0.1, -0.05) is 6.08 Å². The van der Waals surface area contributed by atoms with E-state index in [0.717, 1.165) is 10.6 Å². The second-order valence-electron chi connectivity index (χ2n) is 8.22. The fourth-order valence-corrected chi connectivity index (χ4v) is 5.14. The van der Waals surface area contributed by atoms with Crippen molar-refractivity contribution >= 4 is 47.0 Å². The third-order valence-electron chi connectivity index (χ3n) is 4.88. The van der Waals surface area contributed by atoms with Crippen molar-refractivity contribution in [2.45, 2.75) is 39.1 Å². The third-order valence-corrected chi connectivity index (χ3v) is 7.35. The fraction of sp³-hybridized carbons (Fsp3) is 0.579. The van der Waals surface area contributed by atoms with E-state index in [4.69, 9.17) is 15.2 Å². The van der Waals surface area contributed by atoms with Crippen LogP contribution in [0.3, 0.4) is 0 Å². The number of aryl methyl sites for hydroxylation is 1. The summed E-state index contributed by atoms with van der Waals surface area (Å²) in [4.78, 5) is 43.8. The first kappa shape index (κ1) is 21.8. The van der Waals surface area contributed by atoms with Crippen LogP contribution in [0.1, 0.15) is 31.3 Å². The molecule has 0 saturated carbocycles. The normalized spacial score (nSPS) is 26.8. The molecule has 0 spiro atoms. The summed E-state index contributed by atoms with van der Waals surface area (Å²) < 4.78 is 10.4. The van der Waals surface area contributed by atoms with Crippen LogP contribution in [-0.2, 0) is 23.9 Å². The highest BCUT2D eigenvalue weighted by Gasteiger charge is 2.55. The van der Waals surface area contributed by atoms with Crippen molar-refractivity contribution in [1.82, 2.24) is 9.88 Å². The summed E-state index contributed by atoms with van der Waals surface area (Å²) in [6.07, 6.45) is 3.60. The number of esters is 2. The van der Waals surface area contributed by atoms with Crippen LogP contribution in [0.4, 0.5) is 0 Å². The van der Waals surface area contributed by atoms with Gasteiger partial charge in [-0.25, -0.2) is 4.98 Å². The van der Waals surface area contributed by atoms with Crippen LogP contribution < -0.4 is 5.73 Å². The maximum absolute atomic E-state index is 13.0. The van der Waals surface area contributed by atoms with E-state index in [1.54, 1.807) is 37.3 Å². The van der Waals surface area contributed by atoms with Gasteiger partial charge >= 0.3 is 11.9 Å². The fourth-order valence-electron chi connectivity index (χ4n) is 2.99. The first-order valence-electron chi connectivity index (χ1n) is 9.17. The van der Waals surface area contributed by atoms with E-state index in [1.807, 2.05) is 13.0 Å². The Bertz CT molecular complexity index is 847. The summed E-state index contributed by atoms with van der Waals surface area (Å²) in [6.45, 7) is 6.75. The molecule has 1 aromatic rings. The molecule has 2 fully saturated rings. The van der Waals surface area contributed by atoms with Gasteiger partial charge in [0.2, 0.25) is 12.7 Å². The molecule has 0 aromatic carbocycles. The number of ether oxygens (including phenoxy) is 2. The minimum absolute atomic E-state index is 0.124. The summed E-state index contributed by atoms with van der Waals surface area (Å²) in [5.74, 6) is -0.773. The van der Waals surface area contributed by atoms with E-state index in [1.165, 1.54) is 23.1 Å². The SMILES string of the molecule is Cc1ncsc1C=CC1(C(=O)OCOC(=O)C(C)(C)C)CS[C@@H]2C(N)C(=O)N2C1. The monoisotopic (exact) mass is 439 g/mol. The lowest BCUT2D eigenvalue weighted by Crippen LogP contribution is -2.72. The van der Waals surface area contributed by atoms with Gasteiger partial charge in [0.05, 0.1) is 16.6 Å². The van der Waals surface area contributed by atoms with Gasteiger partial charge in [-0.3, -0.25) is 14.4 Å². The number of aromatic nitrogens is 1. The topological polar surface area (TPSA) is 112 Å². The van der Waals surface area contributed by atoms with E-state index >= 15 is 0 Å². The molecule has 10 heteroatoms. The van der Waals surface area contributed by atoms with E-state index < -0.39 is 35.6 Å². The summed E-state index contributed by atoms with van der Waals surface area (Å²) in [5, 5.41) is -0.124. The molecule has 1 amide bonds. The molecular formula is C19H25N3O5S2. The van der Waals surface area contributed by atoms with Gasteiger partial charge in [0, 0.05) is 17.2 Å². The van der Waals surface area contributed by atoms with Crippen molar-refractivity contribution in [2.75, 3.05) is 19.1 Å². The number of hydrogen-bond acceptors (Lipinski definition) is 9. The Morgan fingerprint density at radius 3 is 2.76 bits per heavy atom. The molecule has 0 bridgehead atoms. The number of nitrogens with zero attached hydrogens (tertiary/aromatic N) is 2. The van der Waals surface area contributed by atoms with Gasteiger partial charge in [-0.2, -0.15) is 0 Å². The lowest BCUT2D eigenvalue weighted by molar-refractivity contribution is -0.178. The molecule has 0 aliphatic carbocycles. The Balaban J connectivity index is 1.75. The van der Waals surface area contributed by atoms with Crippen molar-refractivity contribution in [3.63, 3.8) is 0 Å². The first-order chi connectivity index (χ1) is 13.5. The average Bonchev–Trinajstić information content (AvgIpc) is 3.09. The maximum atomic E-state index is 13.0. The zero-order chi connectivity index (χ0) is 21.4. The minimum atomic E-state index is -1.05. The van der Waals surface area contributed by atoms with Crippen LogP contribution in [0, 0.1) is 17.8 Å². The van der Waals surface area contributed by atoms with Crippen LogP contribution in [0.2, 0.25) is 0 Å². The summed E-state index contributed by atoms with van der Waals surface area (Å²) in [5.41, 5.74) is 6.70. The number of carbonyl (C=O) groups is 3. The zero-order valence-corrected chi connectivity index (χ0v) is 18.5. The number of hydrogen-bond donors (Lipinski definition) is 1. The highest BCUT2D eigenvalue weighted by Crippen LogP contribution is 2.43. The van der Waals surface area contributed by atoms with E-state index in [0.29, 0.717) is 5.75 Å². The largest absolute Gasteiger partial charge is 0.427 e. The standard InChI is InChI=1S/C19H25N3O5S2/c1-11-12(29-9-21-11)5-6-19(7-22-14(23)13(20)15(22)28-8-19)17(25)27-10-26-16(24)18(2,3)4/h5-6,9,13,15H,7-8,10,20H2,1-4H3/t13?,15-,19?/m1/s1. The summed E-state index contributed by atoms with van der Waals surface area (Å²) in [6, 6.07) is -0.533. The lowest BCUT2D eigenvalue weighted by atomic mass is 9.86. The lowest BCUT2D eigenvalue weighted by Gasteiger charge is -2.52. The summed E-state index contributed by atoms with van der Waals surface area (Å²) in [7, 11) is 0. The molecule has 0 radical (unpaired) electrons. The van der Waals surface area contributed by atoms with Crippen LogP contribution in [0.25, 0.3) is 6.08 Å². The number of amides is 1. The predicted molar refractivity (Wildman–Crippen MR) is 111 cm³/mol. The van der Waals surface area contributed by atoms with E-state index in [9.17, 15) is 14.4 Å². The molecule has 2 saturated heterocycles. The van der Waals surface area contributed by atoms with Gasteiger partial charge in [0.15, 0.2) is 0 Å². The molecular weight excluding hydrogens is 414 g/mol. The molecule has 3 rings (SSSR count). The predicted octanol–water partition coefficient (Wildman–Crippen LogP) is 1.78. The molecule has 2 unspecified atom stereocenters. The van der Waals surface area contributed by atoms with Gasteiger partial charge in [-0.15, -0.1) is 23.1 Å². The van der Waals surface area contributed by atoms with Crippen molar-refractivity contribution in [3.05, 3.63) is 22.2 Å². The average molecular weight is 440 g/mol. The molecule has 2 N–H and O–H groups in total. The first-order valence-corrected chi connectivity index (χ1v) is 11.1. The number of carbonyl (C=O) groups excluding carboxylic acids is 3. The number of fused-ring (bicyclic) bond motifs is 1. The number of rotatable bonds is 5. The molecule has 2 aliphatic heterocycles. The Hall–Kier alpha value is -1.91. The minimum Gasteiger partial charge on any atom is -0.427 e. The Labute approximate surface area is 177 Å². The van der Waals surface area contributed by atoms with Gasteiger partial charge < -0.3 is 20.1 Å². The van der Waals surface area contributed by atoms with Crippen molar-refractivity contribution in [2.24, 2.45) is 16.6 Å². The summed E-state index contributed by atoms with van der Waals surface area (Å²) >= 11 is 2.92. The molecule has 3 heterocycles. The van der Waals surface area contributed by atoms with Crippen LogP contribution in [0.5, 0.6) is 0 Å². The van der Waals surface area contributed by atoms with Gasteiger partial charge in [0.25, 0.3) is 0 Å². The van der Waals surface area contributed by atoms with E-state index in [2.05, 4.69) is 4.98 Å². The molecule has 1 aromatic heterocycles. The molecule has 158 valence electrons. The highest BCUT2D eigenvalue weighted by molar-refractivity contribution is 8.00. The zero-order valence-electron chi connectivity index (χ0n) is 16.8. The van der Waals surface area contributed by atoms with Crippen molar-refractivity contribution in [3.8, 4) is 0 Å². The van der Waals surface area contributed by atoms with Crippen molar-refractivity contribution < 1.29 is 23.9 Å².